The Kier molecular flexibility index (Phi) is 2.86. The van der Waals surface area contributed by atoms with Gasteiger partial charge in [-0.1, -0.05) is 0 Å². The number of pyridine rings is 1. The Morgan fingerprint density at radius 3 is 2.77 bits per heavy atom. The molecule has 0 saturated heterocycles. The van der Waals surface area contributed by atoms with E-state index in [2.05, 4.69) is 4.98 Å². The predicted octanol–water partition coefficient (Wildman–Crippen LogP) is 2.05. The van der Waals surface area contributed by atoms with Crippen LogP contribution in [0.4, 0.5) is 0 Å². The van der Waals surface area contributed by atoms with Crippen molar-refractivity contribution in [1.29, 1.82) is 5.26 Å². The molecule has 3 heteroatoms. The van der Waals surface area contributed by atoms with Crippen LogP contribution < -0.4 is 4.74 Å². The number of nitrogens with zero attached hydrogens (tertiary/aromatic N) is 2. The number of hydrogen-bond donors (Lipinski definition) is 0. The van der Waals surface area contributed by atoms with Gasteiger partial charge in [0.25, 0.3) is 0 Å². The molecule has 1 aromatic heterocycles. The van der Waals surface area contributed by atoms with Crippen LogP contribution >= 0.6 is 0 Å². The minimum absolute atomic E-state index is 0.0777. The maximum Gasteiger partial charge on any atom is 0.140 e. The number of hydrogen-bond acceptors (Lipinski definition) is 3. The third-order valence-electron chi connectivity index (χ3n) is 1.49. The predicted molar refractivity (Wildman–Crippen MR) is 49.5 cm³/mol. The molecule has 1 rings (SSSR count). The van der Waals surface area contributed by atoms with Crippen LogP contribution in [0.1, 0.15) is 25.1 Å². The van der Waals surface area contributed by atoms with Crippen molar-refractivity contribution in [3.05, 3.63) is 23.5 Å². The minimum atomic E-state index is 0.0777. The molecule has 0 spiro atoms. The van der Waals surface area contributed by atoms with Gasteiger partial charge in [-0.2, -0.15) is 5.26 Å². The summed E-state index contributed by atoms with van der Waals surface area (Å²) in [4.78, 5) is 4.02. The standard InChI is InChI=1S/C10H12N2O/c1-7(2)13-10-4-8(3)12-6-9(10)5-11/h4,6-7H,1-3H3. The molecule has 0 aliphatic carbocycles. The van der Waals surface area contributed by atoms with Crippen molar-refractivity contribution in [2.24, 2.45) is 0 Å². The van der Waals surface area contributed by atoms with Crippen molar-refractivity contribution in [2.45, 2.75) is 26.9 Å². The Labute approximate surface area is 78.0 Å². The normalized spacial score (nSPS) is 9.77. The highest BCUT2D eigenvalue weighted by molar-refractivity contribution is 5.41. The Hall–Kier alpha value is -1.56. The summed E-state index contributed by atoms with van der Waals surface area (Å²) in [5.74, 6) is 0.616. The van der Waals surface area contributed by atoms with Gasteiger partial charge in [0.2, 0.25) is 0 Å². The minimum Gasteiger partial charge on any atom is -0.489 e. The molecule has 0 N–H and O–H groups in total. The van der Waals surface area contributed by atoms with Crippen molar-refractivity contribution in [1.82, 2.24) is 4.98 Å². The largest absolute Gasteiger partial charge is 0.489 e. The molecule has 1 heterocycles. The summed E-state index contributed by atoms with van der Waals surface area (Å²) in [5, 5.41) is 8.75. The quantitative estimate of drug-likeness (QED) is 0.692. The smallest absolute Gasteiger partial charge is 0.140 e. The maximum atomic E-state index is 8.75. The van der Waals surface area contributed by atoms with E-state index in [4.69, 9.17) is 10.00 Å². The zero-order valence-corrected chi connectivity index (χ0v) is 8.03. The molecule has 68 valence electrons. The van der Waals surface area contributed by atoms with Crippen LogP contribution in [-0.2, 0) is 0 Å². The molecule has 0 aromatic carbocycles. The van der Waals surface area contributed by atoms with E-state index in [1.165, 1.54) is 6.20 Å². The lowest BCUT2D eigenvalue weighted by Crippen LogP contribution is -2.07. The molecule has 3 nitrogen and oxygen atoms in total. The van der Waals surface area contributed by atoms with Gasteiger partial charge in [0.1, 0.15) is 17.4 Å². The van der Waals surface area contributed by atoms with Crippen molar-refractivity contribution in [2.75, 3.05) is 0 Å². The van der Waals surface area contributed by atoms with Crippen LogP contribution in [0.25, 0.3) is 0 Å². The van der Waals surface area contributed by atoms with Crippen molar-refractivity contribution in [3.63, 3.8) is 0 Å². The van der Waals surface area contributed by atoms with E-state index < -0.39 is 0 Å². The molecule has 0 atom stereocenters. The van der Waals surface area contributed by atoms with E-state index in [9.17, 15) is 0 Å². The van der Waals surface area contributed by atoms with E-state index in [1.54, 1.807) is 6.07 Å². The Morgan fingerprint density at radius 2 is 2.23 bits per heavy atom. The van der Waals surface area contributed by atoms with Gasteiger partial charge in [0.15, 0.2) is 0 Å². The average Bonchev–Trinajstić information content (AvgIpc) is 2.03. The molecule has 0 fully saturated rings. The Balaban J connectivity index is 3.03. The van der Waals surface area contributed by atoms with Gasteiger partial charge in [-0.15, -0.1) is 0 Å². The zero-order valence-electron chi connectivity index (χ0n) is 8.03. The number of aryl methyl sites for hydroxylation is 1. The molecule has 0 aliphatic rings. The van der Waals surface area contributed by atoms with E-state index in [-0.39, 0.29) is 6.10 Å². The lowest BCUT2D eigenvalue weighted by molar-refractivity contribution is 0.241. The maximum absolute atomic E-state index is 8.75. The molecule has 0 radical (unpaired) electrons. The highest BCUT2D eigenvalue weighted by Gasteiger charge is 2.05. The highest BCUT2D eigenvalue weighted by atomic mass is 16.5. The van der Waals surface area contributed by atoms with Gasteiger partial charge in [-0.3, -0.25) is 4.98 Å². The second kappa shape index (κ2) is 3.90. The summed E-state index contributed by atoms with van der Waals surface area (Å²) in [5.41, 5.74) is 1.34. The van der Waals surface area contributed by atoms with E-state index in [0.29, 0.717) is 11.3 Å². The topological polar surface area (TPSA) is 45.9 Å². The molecule has 1 aromatic rings. The van der Waals surface area contributed by atoms with Gasteiger partial charge in [0, 0.05) is 18.0 Å². The van der Waals surface area contributed by atoms with Gasteiger partial charge in [0.05, 0.1) is 6.10 Å². The van der Waals surface area contributed by atoms with Gasteiger partial charge in [-0.05, 0) is 20.8 Å². The molecular formula is C10H12N2O. The Morgan fingerprint density at radius 1 is 1.54 bits per heavy atom. The fourth-order valence-electron chi connectivity index (χ4n) is 0.970. The summed E-state index contributed by atoms with van der Waals surface area (Å²) in [6.45, 7) is 5.72. The SMILES string of the molecule is Cc1cc(OC(C)C)c(C#N)cn1. The number of rotatable bonds is 2. The molecular weight excluding hydrogens is 164 g/mol. The highest BCUT2D eigenvalue weighted by Crippen LogP contribution is 2.18. The third-order valence-corrected chi connectivity index (χ3v) is 1.49. The summed E-state index contributed by atoms with van der Waals surface area (Å²) in [6.07, 6.45) is 1.61. The fourth-order valence-corrected chi connectivity index (χ4v) is 0.970. The third kappa shape index (κ3) is 2.45. The van der Waals surface area contributed by atoms with Crippen LogP contribution in [-0.4, -0.2) is 11.1 Å². The van der Waals surface area contributed by atoms with Crippen molar-refractivity contribution < 1.29 is 4.74 Å². The summed E-state index contributed by atoms with van der Waals surface area (Å²) >= 11 is 0. The first kappa shape index (κ1) is 9.53. The number of aromatic nitrogens is 1. The summed E-state index contributed by atoms with van der Waals surface area (Å²) in [7, 11) is 0. The van der Waals surface area contributed by atoms with Crippen LogP contribution in [0, 0.1) is 18.3 Å². The molecule has 0 amide bonds. The Bertz CT molecular complexity index is 339. The fraction of sp³-hybridized carbons (Fsp3) is 0.400. The number of nitriles is 1. The van der Waals surface area contributed by atoms with Crippen LogP contribution in [0.2, 0.25) is 0 Å². The van der Waals surface area contributed by atoms with Gasteiger partial charge >= 0.3 is 0 Å². The molecule has 13 heavy (non-hydrogen) atoms. The van der Waals surface area contributed by atoms with Gasteiger partial charge < -0.3 is 4.74 Å². The second-order valence-corrected chi connectivity index (χ2v) is 3.10. The van der Waals surface area contributed by atoms with Crippen LogP contribution in [0.3, 0.4) is 0 Å². The van der Waals surface area contributed by atoms with Crippen LogP contribution in [0.5, 0.6) is 5.75 Å². The summed E-state index contributed by atoms with van der Waals surface area (Å²) < 4.78 is 5.45. The summed E-state index contributed by atoms with van der Waals surface area (Å²) in [6, 6.07) is 3.82. The van der Waals surface area contributed by atoms with E-state index >= 15 is 0 Å². The lowest BCUT2D eigenvalue weighted by atomic mass is 10.2. The molecule has 0 aliphatic heterocycles. The van der Waals surface area contributed by atoms with Crippen molar-refractivity contribution >= 4 is 0 Å². The first-order valence-electron chi connectivity index (χ1n) is 4.17. The van der Waals surface area contributed by atoms with E-state index in [1.807, 2.05) is 26.8 Å². The molecule has 0 saturated carbocycles. The lowest BCUT2D eigenvalue weighted by Gasteiger charge is -2.10. The van der Waals surface area contributed by atoms with E-state index in [0.717, 1.165) is 5.69 Å². The van der Waals surface area contributed by atoms with Crippen LogP contribution in [0.15, 0.2) is 12.3 Å². The van der Waals surface area contributed by atoms with Gasteiger partial charge in [-0.25, -0.2) is 0 Å². The first-order chi connectivity index (χ1) is 6.13. The average molecular weight is 176 g/mol. The zero-order chi connectivity index (χ0) is 9.84. The molecule has 0 unspecified atom stereocenters. The monoisotopic (exact) mass is 176 g/mol. The second-order valence-electron chi connectivity index (χ2n) is 3.10. The van der Waals surface area contributed by atoms with Crippen molar-refractivity contribution in [3.8, 4) is 11.8 Å². The number of ether oxygens (including phenoxy) is 1. The first-order valence-corrected chi connectivity index (χ1v) is 4.17. The molecule has 0 bridgehead atoms.